The van der Waals surface area contributed by atoms with E-state index < -0.39 is 9.84 Å². The molecule has 0 atom stereocenters. The zero-order valence-electron chi connectivity index (χ0n) is 12.1. The number of sulfone groups is 1. The minimum Gasteiger partial charge on any atom is -0.376 e. The van der Waals surface area contributed by atoms with E-state index in [2.05, 4.69) is 10.6 Å². The molecule has 2 rings (SSSR count). The third-order valence-electron chi connectivity index (χ3n) is 2.92. The number of hydrogen-bond acceptors (Lipinski definition) is 4. The summed E-state index contributed by atoms with van der Waals surface area (Å²) in [6.07, 6.45) is 1.12. The Kier molecular flexibility index (Phi) is 5.51. The molecule has 8 heteroatoms. The zero-order chi connectivity index (χ0) is 17.0. The number of nitrogens with one attached hydrogen (secondary N) is 2. The van der Waals surface area contributed by atoms with E-state index in [1.165, 1.54) is 12.1 Å². The summed E-state index contributed by atoms with van der Waals surface area (Å²) in [5.41, 5.74) is 0.941. The second kappa shape index (κ2) is 7.21. The van der Waals surface area contributed by atoms with E-state index in [4.69, 9.17) is 23.2 Å². The summed E-state index contributed by atoms with van der Waals surface area (Å²) < 4.78 is 23.0. The second-order valence-corrected chi connectivity index (χ2v) is 7.69. The largest absolute Gasteiger partial charge is 0.376 e. The number of anilines is 2. The molecule has 1 amide bonds. The third kappa shape index (κ3) is 5.13. The van der Waals surface area contributed by atoms with Gasteiger partial charge in [0.05, 0.1) is 22.2 Å². The Morgan fingerprint density at radius 3 is 2.57 bits per heavy atom. The Hall–Kier alpha value is -1.76. The van der Waals surface area contributed by atoms with Crippen LogP contribution in [-0.4, -0.2) is 27.1 Å². The van der Waals surface area contributed by atoms with Crippen LogP contribution in [0, 0.1) is 0 Å². The van der Waals surface area contributed by atoms with Gasteiger partial charge in [0.2, 0.25) is 5.91 Å². The van der Waals surface area contributed by atoms with Crippen LogP contribution in [-0.2, 0) is 14.6 Å². The Labute approximate surface area is 144 Å². The van der Waals surface area contributed by atoms with Crippen LogP contribution in [0.4, 0.5) is 11.4 Å². The van der Waals surface area contributed by atoms with Gasteiger partial charge in [0.1, 0.15) is 0 Å². The molecule has 0 unspecified atom stereocenters. The minimum absolute atomic E-state index is 0.0456. The number of benzene rings is 2. The fourth-order valence-corrected chi connectivity index (χ4v) is 2.81. The highest BCUT2D eigenvalue weighted by molar-refractivity contribution is 7.90. The summed E-state index contributed by atoms with van der Waals surface area (Å²) in [6.45, 7) is -0.0456. The molecule has 0 heterocycles. The lowest BCUT2D eigenvalue weighted by atomic mass is 10.3. The Balaban J connectivity index is 2.01. The van der Waals surface area contributed by atoms with Gasteiger partial charge in [-0.3, -0.25) is 4.79 Å². The normalized spacial score (nSPS) is 11.1. The Morgan fingerprint density at radius 1 is 1.13 bits per heavy atom. The number of amides is 1. The molecule has 23 heavy (non-hydrogen) atoms. The lowest BCUT2D eigenvalue weighted by molar-refractivity contribution is -0.114. The topological polar surface area (TPSA) is 75.3 Å². The van der Waals surface area contributed by atoms with Crippen LogP contribution < -0.4 is 10.6 Å². The highest BCUT2D eigenvalue weighted by Crippen LogP contribution is 2.25. The third-order valence-corrected chi connectivity index (χ3v) is 4.59. The van der Waals surface area contributed by atoms with Gasteiger partial charge < -0.3 is 10.6 Å². The van der Waals surface area contributed by atoms with Crippen LogP contribution in [0.1, 0.15) is 0 Å². The summed E-state index contributed by atoms with van der Waals surface area (Å²) in [5.74, 6) is -0.334. The van der Waals surface area contributed by atoms with Crippen molar-refractivity contribution in [2.45, 2.75) is 4.90 Å². The summed E-state index contributed by atoms with van der Waals surface area (Å²) in [6, 6.07) is 11.0. The molecule has 2 aromatic carbocycles. The van der Waals surface area contributed by atoms with Gasteiger partial charge in [-0.05, 0) is 36.4 Å². The lowest BCUT2D eigenvalue weighted by Gasteiger charge is -2.10. The van der Waals surface area contributed by atoms with Crippen LogP contribution in [0.2, 0.25) is 10.0 Å². The van der Waals surface area contributed by atoms with E-state index in [0.717, 1.165) is 6.26 Å². The van der Waals surface area contributed by atoms with Gasteiger partial charge in [0.15, 0.2) is 9.84 Å². The molecule has 0 bridgehead atoms. The van der Waals surface area contributed by atoms with Gasteiger partial charge in [-0.15, -0.1) is 0 Å². The Morgan fingerprint density at radius 2 is 1.87 bits per heavy atom. The van der Waals surface area contributed by atoms with Crippen molar-refractivity contribution in [2.75, 3.05) is 23.4 Å². The first-order valence-corrected chi connectivity index (χ1v) is 9.19. The first-order chi connectivity index (χ1) is 10.8. The van der Waals surface area contributed by atoms with Crippen molar-refractivity contribution in [2.24, 2.45) is 0 Å². The summed E-state index contributed by atoms with van der Waals surface area (Å²) in [5, 5.41) is 6.32. The molecule has 0 aliphatic rings. The predicted octanol–water partition coefficient (Wildman–Crippen LogP) is 3.45. The van der Waals surface area contributed by atoms with E-state index in [9.17, 15) is 13.2 Å². The maximum absolute atomic E-state index is 11.9. The van der Waals surface area contributed by atoms with Crippen molar-refractivity contribution in [3.05, 3.63) is 52.5 Å². The van der Waals surface area contributed by atoms with Crippen LogP contribution in [0.3, 0.4) is 0 Å². The number of carbonyl (C=O) groups is 1. The van der Waals surface area contributed by atoms with E-state index in [1.807, 2.05) is 0 Å². The highest BCUT2D eigenvalue weighted by Gasteiger charge is 2.09. The summed E-state index contributed by atoms with van der Waals surface area (Å²) in [7, 11) is -3.30. The van der Waals surface area contributed by atoms with Crippen LogP contribution in [0.5, 0.6) is 0 Å². The zero-order valence-corrected chi connectivity index (χ0v) is 14.5. The standard InChI is InChI=1S/C15H14Cl2N2O3S/c1-23(21,22)12-4-2-3-11(8-12)18-9-15(20)19-14-7-10(16)5-6-13(14)17/h2-8,18H,9H2,1H3,(H,19,20). The van der Waals surface area contributed by atoms with Gasteiger partial charge in [0.25, 0.3) is 0 Å². The van der Waals surface area contributed by atoms with Crippen LogP contribution in [0.15, 0.2) is 47.4 Å². The molecule has 122 valence electrons. The van der Waals surface area contributed by atoms with Crippen molar-refractivity contribution in [1.82, 2.24) is 0 Å². The van der Waals surface area contributed by atoms with Gasteiger partial charge in [0, 0.05) is 17.0 Å². The second-order valence-electron chi connectivity index (χ2n) is 4.83. The molecule has 0 aromatic heterocycles. The molecule has 0 saturated heterocycles. The molecule has 0 saturated carbocycles. The van der Waals surface area contributed by atoms with Gasteiger partial charge in [-0.2, -0.15) is 0 Å². The minimum atomic E-state index is -3.30. The molecule has 0 spiro atoms. The molecule has 0 aliphatic carbocycles. The average molecular weight is 373 g/mol. The maximum Gasteiger partial charge on any atom is 0.243 e. The van der Waals surface area contributed by atoms with Crippen molar-refractivity contribution >= 4 is 50.3 Å². The van der Waals surface area contributed by atoms with E-state index in [-0.39, 0.29) is 17.3 Å². The maximum atomic E-state index is 11.9. The number of rotatable bonds is 5. The molecule has 0 radical (unpaired) electrons. The monoisotopic (exact) mass is 372 g/mol. The fraction of sp³-hybridized carbons (Fsp3) is 0.133. The first kappa shape index (κ1) is 17.6. The molecule has 2 N–H and O–H groups in total. The number of hydrogen-bond donors (Lipinski definition) is 2. The molecule has 2 aromatic rings. The Bertz CT molecular complexity index is 838. The van der Waals surface area contributed by atoms with Crippen LogP contribution in [0.25, 0.3) is 0 Å². The van der Waals surface area contributed by atoms with Crippen LogP contribution >= 0.6 is 23.2 Å². The molecular formula is C15H14Cl2N2O3S. The van der Waals surface area contributed by atoms with E-state index in [1.54, 1.807) is 30.3 Å². The molecule has 0 aliphatic heterocycles. The SMILES string of the molecule is CS(=O)(=O)c1cccc(NCC(=O)Nc2cc(Cl)ccc2Cl)c1. The molecule has 0 fully saturated rings. The van der Waals surface area contributed by atoms with E-state index >= 15 is 0 Å². The van der Waals surface area contributed by atoms with Crippen molar-refractivity contribution < 1.29 is 13.2 Å². The van der Waals surface area contributed by atoms with E-state index in [0.29, 0.717) is 21.4 Å². The first-order valence-electron chi connectivity index (χ1n) is 6.54. The number of halogens is 2. The quantitative estimate of drug-likeness (QED) is 0.842. The van der Waals surface area contributed by atoms with Crippen molar-refractivity contribution in [1.29, 1.82) is 0 Å². The van der Waals surface area contributed by atoms with Gasteiger partial charge in [-0.1, -0.05) is 29.3 Å². The van der Waals surface area contributed by atoms with Crippen molar-refractivity contribution in [3.8, 4) is 0 Å². The fourth-order valence-electron chi connectivity index (χ4n) is 1.81. The molecule has 5 nitrogen and oxygen atoms in total. The number of carbonyl (C=O) groups excluding carboxylic acids is 1. The lowest BCUT2D eigenvalue weighted by Crippen LogP contribution is -2.22. The predicted molar refractivity (Wildman–Crippen MR) is 93.1 cm³/mol. The molecular weight excluding hydrogens is 359 g/mol. The highest BCUT2D eigenvalue weighted by atomic mass is 35.5. The van der Waals surface area contributed by atoms with Gasteiger partial charge >= 0.3 is 0 Å². The smallest absolute Gasteiger partial charge is 0.243 e. The average Bonchev–Trinajstić information content (AvgIpc) is 2.48. The van der Waals surface area contributed by atoms with Crippen molar-refractivity contribution in [3.63, 3.8) is 0 Å². The van der Waals surface area contributed by atoms with Gasteiger partial charge in [-0.25, -0.2) is 8.42 Å². The summed E-state index contributed by atoms with van der Waals surface area (Å²) in [4.78, 5) is 12.1. The summed E-state index contributed by atoms with van der Waals surface area (Å²) >= 11 is 11.8.